The maximum atomic E-state index is 5.28. The fourth-order valence-electron chi connectivity index (χ4n) is 1.14. The zero-order valence-electron chi connectivity index (χ0n) is 10.3. The minimum atomic E-state index is -0.0197. The van der Waals surface area contributed by atoms with Crippen molar-refractivity contribution in [3.05, 3.63) is 11.7 Å². The van der Waals surface area contributed by atoms with Gasteiger partial charge in [-0.15, -0.1) is 0 Å². The van der Waals surface area contributed by atoms with E-state index >= 15 is 0 Å². The first-order valence-electron chi connectivity index (χ1n) is 5.50. The Morgan fingerprint density at radius 3 is 2.67 bits per heavy atom. The fraction of sp³-hybridized carbons (Fsp3) is 0.818. The highest BCUT2D eigenvalue weighted by molar-refractivity contribution is 5.00. The van der Waals surface area contributed by atoms with Crippen LogP contribution < -0.4 is 5.32 Å². The summed E-state index contributed by atoms with van der Waals surface area (Å²) in [5, 5.41) is 7.15. The molecule has 0 saturated carbocycles. The Kier molecular flexibility index (Phi) is 3.85. The Morgan fingerprint density at radius 1 is 1.47 bits per heavy atom. The van der Waals surface area contributed by atoms with Crippen LogP contribution in [0, 0.1) is 0 Å². The van der Waals surface area contributed by atoms with E-state index in [0.717, 1.165) is 24.6 Å². The zero-order valence-corrected chi connectivity index (χ0v) is 10.3. The van der Waals surface area contributed by atoms with Crippen molar-refractivity contribution in [1.29, 1.82) is 0 Å². The van der Waals surface area contributed by atoms with Crippen molar-refractivity contribution in [2.45, 2.75) is 52.0 Å². The molecule has 0 saturated heterocycles. The van der Waals surface area contributed by atoms with Gasteiger partial charge in [-0.3, -0.25) is 0 Å². The van der Waals surface area contributed by atoms with E-state index in [-0.39, 0.29) is 5.41 Å². The Bertz CT molecular complexity index is 307. The lowest BCUT2D eigenvalue weighted by Gasteiger charge is -2.15. The Morgan fingerprint density at radius 2 is 2.13 bits per heavy atom. The summed E-state index contributed by atoms with van der Waals surface area (Å²) in [6.07, 6.45) is 1.80. The molecule has 0 aliphatic carbocycles. The van der Waals surface area contributed by atoms with Crippen LogP contribution in [0.4, 0.5) is 0 Å². The molecule has 86 valence electrons. The second-order valence-electron chi connectivity index (χ2n) is 4.65. The second-order valence-corrected chi connectivity index (χ2v) is 4.65. The van der Waals surface area contributed by atoms with Crippen molar-refractivity contribution in [1.82, 2.24) is 15.5 Å². The average Bonchev–Trinajstić information content (AvgIpc) is 2.66. The molecule has 1 N–H and O–H groups in total. The lowest BCUT2D eigenvalue weighted by Crippen LogP contribution is -2.24. The standard InChI is InChI=1S/C11H21N3O/c1-6-11(3,4)10-13-9(14-15-10)7-8(2)12-5/h8,12H,6-7H2,1-5H3. The molecule has 0 bridgehead atoms. The number of hydrogen-bond acceptors (Lipinski definition) is 4. The van der Waals surface area contributed by atoms with Crippen molar-refractivity contribution < 1.29 is 4.52 Å². The number of rotatable bonds is 5. The SMILES string of the molecule is CCC(C)(C)c1nc(CC(C)NC)no1. The minimum absolute atomic E-state index is 0.0197. The van der Waals surface area contributed by atoms with Gasteiger partial charge in [0.25, 0.3) is 0 Å². The second kappa shape index (κ2) is 4.75. The summed E-state index contributed by atoms with van der Waals surface area (Å²) in [6.45, 7) is 8.46. The van der Waals surface area contributed by atoms with E-state index in [1.165, 1.54) is 0 Å². The largest absolute Gasteiger partial charge is 0.339 e. The van der Waals surface area contributed by atoms with Crippen LogP contribution in [0.25, 0.3) is 0 Å². The van der Waals surface area contributed by atoms with Crippen LogP contribution in [0.15, 0.2) is 4.52 Å². The van der Waals surface area contributed by atoms with Crippen LogP contribution in [-0.2, 0) is 11.8 Å². The molecule has 1 atom stereocenters. The van der Waals surface area contributed by atoms with Crippen LogP contribution in [-0.4, -0.2) is 23.2 Å². The van der Waals surface area contributed by atoms with Crippen LogP contribution in [0.5, 0.6) is 0 Å². The van der Waals surface area contributed by atoms with Gasteiger partial charge >= 0.3 is 0 Å². The highest BCUT2D eigenvalue weighted by atomic mass is 16.5. The van der Waals surface area contributed by atoms with Gasteiger partial charge in [0, 0.05) is 17.9 Å². The molecule has 0 spiro atoms. The summed E-state index contributed by atoms with van der Waals surface area (Å²) < 4.78 is 5.28. The minimum Gasteiger partial charge on any atom is -0.339 e. The Balaban J connectivity index is 2.72. The summed E-state index contributed by atoms with van der Waals surface area (Å²) in [6, 6.07) is 0.375. The summed E-state index contributed by atoms with van der Waals surface area (Å²) in [5.74, 6) is 1.52. The van der Waals surface area contributed by atoms with Gasteiger partial charge in [-0.2, -0.15) is 4.98 Å². The zero-order chi connectivity index (χ0) is 11.5. The molecular weight excluding hydrogens is 190 g/mol. The van der Waals surface area contributed by atoms with Gasteiger partial charge in [0.15, 0.2) is 5.82 Å². The average molecular weight is 211 g/mol. The molecule has 0 aliphatic heterocycles. The first kappa shape index (κ1) is 12.2. The number of hydrogen-bond donors (Lipinski definition) is 1. The maximum absolute atomic E-state index is 5.28. The third-order valence-electron chi connectivity index (χ3n) is 2.91. The van der Waals surface area contributed by atoms with Gasteiger partial charge in [0.05, 0.1) is 0 Å². The van der Waals surface area contributed by atoms with Crippen molar-refractivity contribution in [2.75, 3.05) is 7.05 Å². The highest BCUT2D eigenvalue weighted by Gasteiger charge is 2.25. The van der Waals surface area contributed by atoms with E-state index in [2.05, 4.69) is 43.2 Å². The van der Waals surface area contributed by atoms with E-state index in [1.807, 2.05) is 7.05 Å². The first-order chi connectivity index (χ1) is 6.99. The topological polar surface area (TPSA) is 51.0 Å². The number of likely N-dealkylation sites (N-methyl/N-ethyl adjacent to an activating group) is 1. The summed E-state index contributed by atoms with van der Waals surface area (Å²) in [5.41, 5.74) is -0.0197. The molecule has 0 fully saturated rings. The van der Waals surface area contributed by atoms with Crippen LogP contribution in [0.1, 0.15) is 45.8 Å². The molecule has 4 nitrogen and oxygen atoms in total. The number of nitrogens with one attached hydrogen (secondary N) is 1. The van der Waals surface area contributed by atoms with Gasteiger partial charge in [0.2, 0.25) is 5.89 Å². The summed E-state index contributed by atoms with van der Waals surface area (Å²) in [4.78, 5) is 4.42. The van der Waals surface area contributed by atoms with E-state index < -0.39 is 0 Å². The summed E-state index contributed by atoms with van der Waals surface area (Å²) >= 11 is 0. The lowest BCUT2D eigenvalue weighted by atomic mass is 9.90. The highest BCUT2D eigenvalue weighted by Crippen LogP contribution is 2.24. The van der Waals surface area contributed by atoms with Gasteiger partial charge in [-0.1, -0.05) is 25.9 Å². The summed E-state index contributed by atoms with van der Waals surface area (Å²) in [7, 11) is 1.93. The number of aromatic nitrogens is 2. The van der Waals surface area contributed by atoms with Crippen molar-refractivity contribution in [3.8, 4) is 0 Å². The molecule has 1 rings (SSSR count). The normalized spacial score (nSPS) is 14.2. The molecular formula is C11H21N3O. The van der Waals surface area contributed by atoms with Crippen LogP contribution in [0.2, 0.25) is 0 Å². The number of nitrogens with zero attached hydrogens (tertiary/aromatic N) is 2. The molecule has 1 unspecified atom stereocenters. The molecule has 0 amide bonds. The van der Waals surface area contributed by atoms with Crippen molar-refractivity contribution in [2.24, 2.45) is 0 Å². The lowest BCUT2D eigenvalue weighted by molar-refractivity contribution is 0.299. The third kappa shape index (κ3) is 3.02. The van der Waals surface area contributed by atoms with Crippen molar-refractivity contribution in [3.63, 3.8) is 0 Å². The molecule has 15 heavy (non-hydrogen) atoms. The fourth-order valence-corrected chi connectivity index (χ4v) is 1.14. The van der Waals surface area contributed by atoms with E-state index in [4.69, 9.17) is 4.52 Å². The quantitative estimate of drug-likeness (QED) is 0.808. The Hall–Kier alpha value is -0.900. The third-order valence-corrected chi connectivity index (χ3v) is 2.91. The molecule has 0 aliphatic rings. The first-order valence-corrected chi connectivity index (χ1v) is 5.50. The molecule has 4 heteroatoms. The molecule has 1 aromatic rings. The molecule has 0 radical (unpaired) electrons. The molecule has 1 heterocycles. The molecule has 1 aromatic heterocycles. The van der Waals surface area contributed by atoms with Crippen molar-refractivity contribution >= 4 is 0 Å². The van der Waals surface area contributed by atoms with E-state index in [9.17, 15) is 0 Å². The van der Waals surface area contributed by atoms with E-state index in [0.29, 0.717) is 6.04 Å². The molecule has 0 aromatic carbocycles. The monoisotopic (exact) mass is 211 g/mol. The van der Waals surface area contributed by atoms with E-state index in [1.54, 1.807) is 0 Å². The van der Waals surface area contributed by atoms with Gasteiger partial charge in [0.1, 0.15) is 0 Å². The van der Waals surface area contributed by atoms with Crippen LogP contribution in [0.3, 0.4) is 0 Å². The predicted octanol–water partition coefficient (Wildman–Crippen LogP) is 1.91. The maximum Gasteiger partial charge on any atom is 0.232 e. The smallest absolute Gasteiger partial charge is 0.232 e. The van der Waals surface area contributed by atoms with Gasteiger partial charge < -0.3 is 9.84 Å². The van der Waals surface area contributed by atoms with Gasteiger partial charge in [-0.25, -0.2) is 0 Å². The predicted molar refractivity (Wildman–Crippen MR) is 59.8 cm³/mol. The Labute approximate surface area is 91.5 Å². The van der Waals surface area contributed by atoms with Gasteiger partial charge in [-0.05, 0) is 20.4 Å². The van der Waals surface area contributed by atoms with Crippen LogP contribution >= 0.6 is 0 Å².